The van der Waals surface area contributed by atoms with Gasteiger partial charge in [-0.2, -0.15) is 0 Å². The zero-order valence-electron chi connectivity index (χ0n) is 9.09. The van der Waals surface area contributed by atoms with E-state index in [1.54, 1.807) is 0 Å². The van der Waals surface area contributed by atoms with Crippen LogP contribution in [0, 0.1) is 0 Å². The first kappa shape index (κ1) is 12.0. The van der Waals surface area contributed by atoms with E-state index < -0.39 is 0 Å². The lowest BCUT2D eigenvalue weighted by molar-refractivity contribution is 0.271. The topological polar surface area (TPSA) is 3.24 Å². The van der Waals surface area contributed by atoms with E-state index in [2.05, 4.69) is 37.9 Å². The van der Waals surface area contributed by atoms with Gasteiger partial charge in [-0.25, -0.2) is 0 Å². The summed E-state index contributed by atoms with van der Waals surface area (Å²) in [7, 11) is 2.12. The van der Waals surface area contributed by atoms with Gasteiger partial charge in [-0.15, -0.1) is 22.9 Å². The Kier molecular flexibility index (Phi) is 4.93. The third-order valence-electron chi connectivity index (χ3n) is 2.45. The number of aryl methyl sites for hydroxylation is 1. The van der Waals surface area contributed by atoms with Gasteiger partial charge in [-0.05, 0) is 32.5 Å². The zero-order valence-corrected chi connectivity index (χ0v) is 10.7. The first-order chi connectivity index (χ1) is 6.67. The van der Waals surface area contributed by atoms with Crippen molar-refractivity contribution in [3.8, 4) is 0 Å². The van der Waals surface area contributed by atoms with Crippen molar-refractivity contribution in [2.75, 3.05) is 12.9 Å². The molecule has 0 aliphatic heterocycles. The number of hydrogen-bond acceptors (Lipinski definition) is 2. The predicted octanol–water partition coefficient (Wildman–Crippen LogP) is 3.37. The van der Waals surface area contributed by atoms with Crippen LogP contribution >= 0.6 is 22.9 Å². The first-order valence-electron chi connectivity index (χ1n) is 5.01. The molecule has 0 radical (unpaired) electrons. The summed E-state index contributed by atoms with van der Waals surface area (Å²) >= 11 is 7.71. The van der Waals surface area contributed by atoms with Crippen LogP contribution < -0.4 is 0 Å². The van der Waals surface area contributed by atoms with Crippen LogP contribution in [0.3, 0.4) is 0 Å². The van der Waals surface area contributed by atoms with E-state index in [0.717, 1.165) is 13.0 Å². The highest BCUT2D eigenvalue weighted by Crippen LogP contribution is 2.19. The van der Waals surface area contributed by atoms with Gasteiger partial charge in [0.25, 0.3) is 0 Å². The maximum Gasteiger partial charge on any atom is 0.0376 e. The Labute approximate surface area is 95.7 Å². The van der Waals surface area contributed by atoms with Gasteiger partial charge in [0.15, 0.2) is 0 Å². The maximum absolute atomic E-state index is 5.81. The van der Waals surface area contributed by atoms with E-state index in [-0.39, 0.29) is 0 Å². The highest BCUT2D eigenvalue weighted by Gasteiger charge is 2.09. The molecule has 0 aliphatic carbocycles. The van der Waals surface area contributed by atoms with E-state index in [0.29, 0.717) is 11.9 Å². The summed E-state index contributed by atoms with van der Waals surface area (Å²) in [6, 6.07) is 4.89. The largest absolute Gasteiger partial charge is 0.297 e. The molecule has 0 N–H and O–H groups in total. The summed E-state index contributed by atoms with van der Waals surface area (Å²) in [6.07, 6.45) is 1.14. The molecule has 0 fully saturated rings. The second-order valence-corrected chi connectivity index (χ2v) is 5.20. The van der Waals surface area contributed by atoms with Crippen LogP contribution in [-0.4, -0.2) is 23.9 Å². The van der Waals surface area contributed by atoms with E-state index in [9.17, 15) is 0 Å². The SMILES string of the molecule is CCc1ccc(CN(C)C(C)CCl)s1. The number of halogens is 1. The van der Waals surface area contributed by atoms with Crippen molar-refractivity contribution in [2.45, 2.75) is 32.9 Å². The fraction of sp³-hybridized carbons (Fsp3) is 0.636. The summed E-state index contributed by atoms with van der Waals surface area (Å²) in [5.41, 5.74) is 0. The number of alkyl halides is 1. The first-order valence-corrected chi connectivity index (χ1v) is 6.36. The molecule has 1 aromatic rings. The highest BCUT2D eigenvalue weighted by molar-refractivity contribution is 7.11. The van der Waals surface area contributed by atoms with Crippen molar-refractivity contribution < 1.29 is 0 Å². The van der Waals surface area contributed by atoms with E-state index in [4.69, 9.17) is 11.6 Å². The van der Waals surface area contributed by atoms with Gasteiger partial charge in [0.1, 0.15) is 0 Å². The van der Waals surface area contributed by atoms with Crippen LogP contribution in [0.15, 0.2) is 12.1 Å². The Morgan fingerprint density at radius 3 is 2.57 bits per heavy atom. The summed E-state index contributed by atoms with van der Waals surface area (Å²) in [5.74, 6) is 0.697. The Balaban J connectivity index is 2.51. The van der Waals surface area contributed by atoms with Crippen molar-refractivity contribution in [1.29, 1.82) is 0 Å². The minimum Gasteiger partial charge on any atom is -0.297 e. The van der Waals surface area contributed by atoms with Gasteiger partial charge >= 0.3 is 0 Å². The smallest absolute Gasteiger partial charge is 0.0376 e. The van der Waals surface area contributed by atoms with Crippen LogP contribution in [-0.2, 0) is 13.0 Å². The maximum atomic E-state index is 5.81. The average Bonchev–Trinajstić information content (AvgIpc) is 2.64. The average molecular weight is 232 g/mol. The molecule has 1 heterocycles. The van der Waals surface area contributed by atoms with Crippen molar-refractivity contribution in [3.05, 3.63) is 21.9 Å². The molecule has 1 rings (SSSR count). The van der Waals surface area contributed by atoms with Gasteiger partial charge in [-0.3, -0.25) is 4.90 Å². The van der Waals surface area contributed by atoms with E-state index in [1.165, 1.54) is 9.75 Å². The molecule has 0 spiro atoms. The van der Waals surface area contributed by atoms with Crippen LogP contribution in [0.2, 0.25) is 0 Å². The molecular formula is C11H18ClNS. The molecular weight excluding hydrogens is 214 g/mol. The molecule has 1 atom stereocenters. The van der Waals surface area contributed by atoms with Gasteiger partial charge in [0, 0.05) is 28.2 Å². The molecule has 1 nitrogen and oxygen atoms in total. The standard InChI is InChI=1S/C11H18ClNS/c1-4-10-5-6-11(14-10)8-13(3)9(2)7-12/h5-6,9H,4,7-8H2,1-3H3. The van der Waals surface area contributed by atoms with Gasteiger partial charge in [-0.1, -0.05) is 6.92 Å². The monoisotopic (exact) mass is 231 g/mol. The molecule has 0 aliphatic rings. The van der Waals surface area contributed by atoms with Crippen molar-refractivity contribution >= 4 is 22.9 Å². The van der Waals surface area contributed by atoms with Crippen molar-refractivity contribution in [1.82, 2.24) is 4.90 Å². The fourth-order valence-electron chi connectivity index (χ4n) is 1.22. The van der Waals surface area contributed by atoms with Gasteiger partial charge in [0.05, 0.1) is 0 Å². The summed E-state index contributed by atoms with van der Waals surface area (Å²) in [4.78, 5) is 5.19. The molecule has 0 bridgehead atoms. The second kappa shape index (κ2) is 5.74. The Morgan fingerprint density at radius 1 is 1.43 bits per heavy atom. The Hall–Kier alpha value is -0.0500. The van der Waals surface area contributed by atoms with Crippen molar-refractivity contribution in [3.63, 3.8) is 0 Å². The number of hydrogen-bond donors (Lipinski definition) is 0. The molecule has 0 saturated carbocycles. The second-order valence-electron chi connectivity index (χ2n) is 3.64. The molecule has 14 heavy (non-hydrogen) atoms. The Morgan fingerprint density at radius 2 is 2.07 bits per heavy atom. The van der Waals surface area contributed by atoms with Gasteiger partial charge < -0.3 is 0 Å². The number of thiophene rings is 1. The summed E-state index contributed by atoms with van der Waals surface area (Å²) < 4.78 is 0. The zero-order chi connectivity index (χ0) is 10.6. The van der Waals surface area contributed by atoms with E-state index >= 15 is 0 Å². The molecule has 0 saturated heterocycles. The fourth-order valence-corrected chi connectivity index (χ4v) is 2.47. The predicted molar refractivity (Wildman–Crippen MR) is 65.3 cm³/mol. The van der Waals surface area contributed by atoms with Crippen LogP contribution in [0.1, 0.15) is 23.6 Å². The number of rotatable bonds is 5. The summed E-state index contributed by atoms with van der Waals surface area (Å²) in [5, 5.41) is 0. The minimum atomic E-state index is 0.448. The van der Waals surface area contributed by atoms with Crippen LogP contribution in [0.25, 0.3) is 0 Å². The normalized spacial score (nSPS) is 13.5. The van der Waals surface area contributed by atoms with Crippen LogP contribution in [0.5, 0.6) is 0 Å². The Bertz CT molecular complexity index is 272. The quantitative estimate of drug-likeness (QED) is 0.703. The lowest BCUT2D eigenvalue weighted by atomic mass is 10.3. The molecule has 1 unspecified atom stereocenters. The van der Waals surface area contributed by atoms with Crippen molar-refractivity contribution in [2.24, 2.45) is 0 Å². The summed E-state index contributed by atoms with van der Waals surface area (Å²) in [6.45, 7) is 5.36. The third-order valence-corrected chi connectivity index (χ3v) is 4.11. The molecule has 1 aromatic heterocycles. The third kappa shape index (κ3) is 3.26. The lowest BCUT2D eigenvalue weighted by Crippen LogP contribution is -2.29. The van der Waals surface area contributed by atoms with Gasteiger partial charge in [0.2, 0.25) is 0 Å². The number of nitrogens with zero attached hydrogens (tertiary/aromatic N) is 1. The molecule has 0 aromatic carbocycles. The minimum absolute atomic E-state index is 0.448. The molecule has 3 heteroatoms. The molecule has 80 valence electrons. The van der Waals surface area contributed by atoms with Crippen LogP contribution in [0.4, 0.5) is 0 Å². The lowest BCUT2D eigenvalue weighted by Gasteiger charge is -2.21. The molecule has 0 amide bonds. The highest BCUT2D eigenvalue weighted by atomic mass is 35.5. The van der Waals surface area contributed by atoms with E-state index in [1.807, 2.05) is 11.3 Å².